The minimum atomic E-state index is -2.52. The molecule has 1 aliphatic rings. The molecule has 0 amide bonds. The van der Waals surface area contributed by atoms with Crippen LogP contribution in [-0.2, 0) is 0 Å². The van der Waals surface area contributed by atoms with Gasteiger partial charge in [-0.2, -0.15) is 6.42 Å². The molecule has 0 aromatic heterocycles. The van der Waals surface area contributed by atoms with Crippen molar-refractivity contribution >= 4 is 164 Å². The molecule has 13 heteroatoms. The predicted molar refractivity (Wildman–Crippen MR) is 299 cm³/mol. The van der Waals surface area contributed by atoms with Gasteiger partial charge in [-0.05, 0) is 136 Å². The Kier molecular flexibility index (Phi) is 21.5. The predicted octanol–water partition coefficient (Wildman–Crippen LogP) is 12.6. The fraction of sp³-hybridized carbons (Fsp3) is 0.0577. The van der Waals surface area contributed by atoms with Gasteiger partial charge >= 0.3 is 25.6 Å². The minimum absolute atomic E-state index is 0. The van der Waals surface area contributed by atoms with Gasteiger partial charge in [0.25, 0.3) is 0 Å². The summed E-state index contributed by atoms with van der Waals surface area (Å²) in [6.45, 7) is 3.21. The summed E-state index contributed by atoms with van der Waals surface area (Å²) in [6, 6.07) is 65.8. The van der Waals surface area contributed by atoms with Crippen LogP contribution in [0.15, 0.2) is 221 Å². The average molecular weight is 1310 g/mol. The standard InChI is InChI=1S/C24H16Br2OSi.C12H6Br4O.C12H10Cl2Si.C4H9.Li/c25-17-11-13-21-23(15-17)28(19-7-3-1-4-8-19,20-9-5-2-6-10-20)24-16-18(26)12-14-22(24)27-21;13-7-1-3-11(9(15)5-7)17-12-4-2-8(14)6-10(12)16;13-15(14,11-7-3-1-4-8-11)12-9-5-2-6-10-12;1-3-4-2;/h1-16H;1-6H;1-10H;1,3-4H2,2H3;/q;;;-1;+1. The molecule has 0 spiro atoms. The Bertz CT molecular complexity index is 2570. The summed E-state index contributed by atoms with van der Waals surface area (Å²) in [5.74, 6) is 3.43. The molecule has 0 bridgehead atoms. The zero-order valence-corrected chi connectivity index (χ0v) is 48.5. The molecular formula is C52H41Br6Cl2LiO2Si2. The summed E-state index contributed by atoms with van der Waals surface area (Å²) in [5.41, 5.74) is 0. The molecule has 0 radical (unpaired) electrons. The molecule has 0 saturated carbocycles. The van der Waals surface area contributed by atoms with Crippen LogP contribution in [0, 0.1) is 6.92 Å². The van der Waals surface area contributed by atoms with E-state index in [4.69, 9.17) is 31.6 Å². The van der Waals surface area contributed by atoms with Crippen LogP contribution in [0.4, 0.5) is 0 Å². The number of hydrogen-bond donors (Lipinski definition) is 0. The van der Waals surface area contributed by atoms with Gasteiger partial charge in [-0.15, -0.1) is 22.2 Å². The normalized spacial score (nSPS) is 11.8. The number of rotatable bonds is 7. The van der Waals surface area contributed by atoms with Gasteiger partial charge in [-0.1, -0.05) is 198 Å². The number of unbranched alkanes of at least 4 members (excludes halogenated alkanes) is 1. The molecule has 0 fully saturated rings. The zero-order chi connectivity index (χ0) is 45.7. The van der Waals surface area contributed by atoms with E-state index < -0.39 is 14.8 Å². The van der Waals surface area contributed by atoms with Gasteiger partial charge in [0.05, 0.1) is 8.95 Å². The number of fused-ring (bicyclic) bond motifs is 2. The molecule has 0 aliphatic carbocycles. The van der Waals surface area contributed by atoms with Crippen LogP contribution < -0.4 is 59.5 Å². The van der Waals surface area contributed by atoms with E-state index in [1.165, 1.54) is 27.2 Å². The second kappa shape index (κ2) is 26.0. The third-order valence-electron chi connectivity index (χ3n) is 9.96. The summed E-state index contributed by atoms with van der Waals surface area (Å²) in [6.07, 6.45) is 2.28. The smallest absolute Gasteiger partial charge is 0.458 e. The molecule has 9 rings (SSSR count). The molecule has 8 aromatic carbocycles. The maximum absolute atomic E-state index is 6.49. The van der Waals surface area contributed by atoms with Crippen LogP contribution in [-0.4, -0.2) is 14.8 Å². The number of benzene rings is 8. The van der Waals surface area contributed by atoms with E-state index >= 15 is 0 Å². The Balaban J connectivity index is 0.000000185. The maximum Gasteiger partial charge on any atom is 1.00 e. The Morgan fingerprint density at radius 2 is 0.815 bits per heavy atom. The molecule has 0 unspecified atom stereocenters. The second-order valence-electron chi connectivity index (χ2n) is 14.3. The summed E-state index contributed by atoms with van der Waals surface area (Å²) < 4.78 is 18.1. The van der Waals surface area contributed by atoms with E-state index in [-0.39, 0.29) is 18.9 Å². The van der Waals surface area contributed by atoms with Crippen molar-refractivity contribution in [3.8, 4) is 23.0 Å². The maximum atomic E-state index is 6.49. The molecule has 326 valence electrons. The number of ether oxygens (including phenoxy) is 2. The van der Waals surface area contributed by atoms with E-state index in [9.17, 15) is 0 Å². The first-order valence-electron chi connectivity index (χ1n) is 20.1. The topological polar surface area (TPSA) is 18.5 Å². The second-order valence-corrected chi connectivity index (χ2v) is 29.7. The molecule has 2 nitrogen and oxygen atoms in total. The van der Waals surface area contributed by atoms with E-state index in [2.05, 4.69) is 206 Å². The van der Waals surface area contributed by atoms with Gasteiger partial charge in [-0.3, -0.25) is 0 Å². The summed E-state index contributed by atoms with van der Waals surface area (Å²) >= 11 is 34.1. The van der Waals surface area contributed by atoms with E-state index in [0.29, 0.717) is 0 Å². The fourth-order valence-electron chi connectivity index (χ4n) is 6.89. The van der Waals surface area contributed by atoms with Crippen molar-refractivity contribution in [1.29, 1.82) is 0 Å². The van der Waals surface area contributed by atoms with Crippen molar-refractivity contribution < 1.29 is 28.3 Å². The summed E-state index contributed by atoms with van der Waals surface area (Å²) in [5, 5.41) is 7.29. The number of hydrogen-bond acceptors (Lipinski definition) is 2. The Morgan fingerprint density at radius 1 is 0.492 bits per heavy atom. The SMILES string of the molecule is Brc1ccc(Oc2ccc(Br)cc2Br)c(Br)c1.Brc1ccc2c(c1)[Si](c1ccccc1)(c1ccccc1)c1cc(Br)ccc1O2.Cl[Si](Cl)(c1ccccc1)c1ccccc1.[CH2-]CCC.[Li+]. The van der Waals surface area contributed by atoms with Crippen LogP contribution in [0.3, 0.4) is 0 Å². The molecular weight excluding hydrogens is 1270 g/mol. The van der Waals surface area contributed by atoms with E-state index in [0.717, 1.165) is 66.6 Å². The van der Waals surface area contributed by atoms with Gasteiger partial charge in [-0.25, -0.2) is 0 Å². The van der Waals surface area contributed by atoms with Gasteiger partial charge in [0.2, 0.25) is 0 Å². The van der Waals surface area contributed by atoms with Crippen molar-refractivity contribution in [3.05, 3.63) is 228 Å². The summed E-state index contributed by atoms with van der Waals surface area (Å²) in [7, 11) is -2.52. The third kappa shape index (κ3) is 13.8. The molecule has 0 N–H and O–H groups in total. The van der Waals surface area contributed by atoms with Crippen molar-refractivity contribution in [2.75, 3.05) is 0 Å². The van der Waals surface area contributed by atoms with Crippen LogP contribution in [0.2, 0.25) is 0 Å². The first kappa shape index (κ1) is 53.8. The van der Waals surface area contributed by atoms with Gasteiger partial charge in [0.1, 0.15) is 23.0 Å². The largest absolute Gasteiger partial charge is 1.00 e. The van der Waals surface area contributed by atoms with Crippen LogP contribution in [0.25, 0.3) is 0 Å². The summed E-state index contributed by atoms with van der Waals surface area (Å²) in [4.78, 5) is 0. The molecule has 8 aromatic rings. The van der Waals surface area contributed by atoms with Crippen molar-refractivity contribution in [1.82, 2.24) is 0 Å². The van der Waals surface area contributed by atoms with Crippen molar-refractivity contribution in [3.63, 3.8) is 0 Å². The van der Waals surface area contributed by atoms with Crippen LogP contribution in [0.1, 0.15) is 19.8 Å². The van der Waals surface area contributed by atoms with Gasteiger partial charge in [0, 0.05) is 17.9 Å². The van der Waals surface area contributed by atoms with Crippen LogP contribution in [0.5, 0.6) is 23.0 Å². The van der Waals surface area contributed by atoms with Crippen LogP contribution >= 0.6 is 118 Å². The van der Waals surface area contributed by atoms with E-state index in [1.807, 2.05) is 97.1 Å². The first-order valence-corrected chi connectivity index (χ1v) is 30.9. The molecule has 1 heterocycles. The Hall–Kier alpha value is -2.15. The molecule has 0 saturated heterocycles. The van der Waals surface area contributed by atoms with Gasteiger partial charge in [0.15, 0.2) is 8.07 Å². The third-order valence-corrected chi connectivity index (χ3v) is 22.7. The van der Waals surface area contributed by atoms with Crippen molar-refractivity contribution in [2.45, 2.75) is 19.8 Å². The Labute approximate surface area is 457 Å². The monoisotopic (exact) mass is 1300 g/mol. The Morgan fingerprint density at radius 3 is 1.15 bits per heavy atom. The molecule has 65 heavy (non-hydrogen) atoms. The molecule has 0 atom stereocenters. The fourth-order valence-corrected chi connectivity index (χ4v) is 18.4. The minimum Gasteiger partial charge on any atom is -0.458 e. The average Bonchev–Trinajstić information content (AvgIpc) is 3.32. The zero-order valence-electron chi connectivity index (χ0n) is 35.4. The van der Waals surface area contributed by atoms with Gasteiger partial charge < -0.3 is 16.4 Å². The van der Waals surface area contributed by atoms with E-state index in [1.54, 1.807) is 0 Å². The van der Waals surface area contributed by atoms with Crippen molar-refractivity contribution in [2.24, 2.45) is 0 Å². The number of halogens is 8. The first-order chi connectivity index (χ1) is 30.9. The molecule has 1 aliphatic heterocycles. The quantitative estimate of drug-likeness (QED) is 0.0899.